The molecule has 0 saturated heterocycles. The van der Waals surface area contributed by atoms with Gasteiger partial charge < -0.3 is 14.0 Å². The smallest absolute Gasteiger partial charge is 0.347 e. The van der Waals surface area contributed by atoms with Gasteiger partial charge in [-0.2, -0.15) is 0 Å². The summed E-state index contributed by atoms with van der Waals surface area (Å²) in [5.74, 6) is 0.605. The van der Waals surface area contributed by atoms with Gasteiger partial charge in [-0.25, -0.2) is 9.78 Å². The number of halogens is 2. The van der Waals surface area contributed by atoms with Crippen molar-refractivity contribution in [1.82, 2.24) is 14.1 Å². The van der Waals surface area contributed by atoms with E-state index in [9.17, 15) is 4.79 Å². The number of benzene rings is 1. The first-order valence-corrected chi connectivity index (χ1v) is 12.6. The highest BCUT2D eigenvalue weighted by Crippen LogP contribution is 2.36. The van der Waals surface area contributed by atoms with Crippen molar-refractivity contribution in [2.75, 3.05) is 0 Å². The van der Waals surface area contributed by atoms with Gasteiger partial charge in [-0.05, 0) is 63.8 Å². The highest BCUT2D eigenvalue weighted by Gasteiger charge is 2.32. The molecule has 0 N–H and O–H groups in total. The Balaban J connectivity index is 1.57. The zero-order chi connectivity index (χ0) is 22.4. The van der Waals surface area contributed by atoms with E-state index in [1.165, 1.54) is 17.0 Å². The number of hydrogen-bond donors (Lipinski definition) is 0. The number of carbonyl (C=O) groups excluding carboxylic acids is 1. The van der Waals surface area contributed by atoms with Crippen molar-refractivity contribution in [1.29, 1.82) is 0 Å². The second-order valence-electron chi connectivity index (χ2n) is 7.85. The molecule has 1 aliphatic rings. The van der Waals surface area contributed by atoms with Gasteiger partial charge in [0.05, 0.1) is 9.50 Å². The summed E-state index contributed by atoms with van der Waals surface area (Å²) in [5, 5.41) is 5.62. The van der Waals surface area contributed by atoms with E-state index in [0.29, 0.717) is 4.88 Å². The number of aromatic nitrogens is 3. The number of oxime groups is 1. The van der Waals surface area contributed by atoms with E-state index < -0.39 is 5.97 Å². The van der Waals surface area contributed by atoms with Gasteiger partial charge in [0.1, 0.15) is 10.7 Å². The van der Waals surface area contributed by atoms with E-state index in [0.717, 1.165) is 55.6 Å². The van der Waals surface area contributed by atoms with Crippen molar-refractivity contribution in [2.24, 2.45) is 18.1 Å². The maximum Gasteiger partial charge on any atom is 0.375 e. The quantitative estimate of drug-likeness (QED) is 0.218. The lowest BCUT2D eigenvalue weighted by Crippen LogP contribution is -2.28. The van der Waals surface area contributed by atoms with Crippen molar-refractivity contribution in [3.63, 3.8) is 0 Å². The molecule has 0 radical (unpaired) electrons. The molecule has 3 heterocycles. The van der Waals surface area contributed by atoms with Crippen LogP contribution in [0.25, 0.3) is 10.9 Å². The largest absolute Gasteiger partial charge is 0.375 e. The highest BCUT2D eigenvalue weighted by molar-refractivity contribution is 9.13. The topological polar surface area (TPSA) is 61.4 Å². The number of imidazole rings is 1. The molecule has 164 valence electrons. The second kappa shape index (κ2) is 8.61. The van der Waals surface area contributed by atoms with Crippen LogP contribution in [0.2, 0.25) is 0 Å². The fraction of sp³-hybridized carbons (Fsp3) is 0.261. The molecular weight excluding hydrogens is 556 g/mol. The minimum absolute atomic E-state index is 0.107. The van der Waals surface area contributed by atoms with Crippen LogP contribution < -0.4 is 0 Å². The van der Waals surface area contributed by atoms with Crippen LogP contribution in [-0.4, -0.2) is 25.8 Å². The molecule has 0 amide bonds. The zero-order valence-electron chi connectivity index (χ0n) is 17.5. The first-order valence-electron chi connectivity index (χ1n) is 10.2. The summed E-state index contributed by atoms with van der Waals surface area (Å²) in [4.78, 5) is 23.1. The third-order valence-electron chi connectivity index (χ3n) is 6.01. The van der Waals surface area contributed by atoms with Crippen LogP contribution in [0.4, 0.5) is 0 Å². The van der Waals surface area contributed by atoms with E-state index in [-0.39, 0.29) is 5.92 Å². The molecule has 6 nitrogen and oxygen atoms in total. The molecule has 3 aromatic heterocycles. The Labute approximate surface area is 206 Å². The van der Waals surface area contributed by atoms with E-state index in [2.05, 4.69) is 70.3 Å². The summed E-state index contributed by atoms with van der Waals surface area (Å²) in [6, 6.07) is 10.1. The van der Waals surface area contributed by atoms with Crippen molar-refractivity contribution in [2.45, 2.75) is 26.3 Å². The van der Waals surface area contributed by atoms with E-state index >= 15 is 0 Å². The maximum atomic E-state index is 12.7. The van der Waals surface area contributed by atoms with Gasteiger partial charge in [0, 0.05) is 58.5 Å². The van der Waals surface area contributed by atoms with Crippen molar-refractivity contribution in [3.8, 4) is 0 Å². The first kappa shape index (κ1) is 21.6. The number of carbonyl (C=O) groups is 1. The molecule has 32 heavy (non-hydrogen) atoms. The maximum absolute atomic E-state index is 12.7. The lowest BCUT2D eigenvalue weighted by Gasteiger charge is -2.25. The van der Waals surface area contributed by atoms with Crippen LogP contribution >= 0.6 is 43.2 Å². The number of thiophene rings is 1. The normalized spacial score (nSPS) is 17.1. The highest BCUT2D eigenvalue weighted by atomic mass is 79.9. The predicted octanol–water partition coefficient (Wildman–Crippen LogP) is 6.09. The van der Waals surface area contributed by atoms with Gasteiger partial charge >= 0.3 is 5.97 Å². The van der Waals surface area contributed by atoms with E-state index in [1.807, 2.05) is 31.5 Å². The Morgan fingerprint density at radius 2 is 2.16 bits per heavy atom. The monoisotopic (exact) mass is 574 g/mol. The number of aryl methyl sites for hydroxylation is 2. The molecule has 1 atom stereocenters. The summed E-state index contributed by atoms with van der Waals surface area (Å²) < 4.78 is 6.03. The van der Waals surface area contributed by atoms with Crippen molar-refractivity contribution < 1.29 is 9.63 Å². The minimum atomic E-state index is -0.459. The number of fused-ring (bicyclic) bond motifs is 3. The molecule has 1 aromatic carbocycles. The molecule has 0 fully saturated rings. The van der Waals surface area contributed by atoms with Gasteiger partial charge in [0.25, 0.3) is 0 Å². The average molecular weight is 576 g/mol. The number of para-hydroxylation sites is 1. The standard InChI is InChI=1S/C23H20Br2N4O2S/c1-13-26-9-10-29(13)12-14-7-8-18-20(15-5-3-4-6-17(15)28(18)2)21(14)27-31-23(30)19-11-16(24)22(25)32-19/h3-6,9-11,14H,7-8,12H2,1-2H3. The number of rotatable bonds is 4. The van der Waals surface area contributed by atoms with Crippen LogP contribution in [0.15, 0.2) is 56.1 Å². The third-order valence-corrected chi connectivity index (χ3v) is 9.25. The molecule has 0 saturated carbocycles. The molecular formula is C23H20Br2N4O2S. The van der Waals surface area contributed by atoms with Gasteiger partial charge in [-0.3, -0.25) is 0 Å². The first-order chi connectivity index (χ1) is 15.4. The van der Waals surface area contributed by atoms with Crippen LogP contribution in [0.1, 0.15) is 33.2 Å². The molecule has 0 spiro atoms. The molecule has 5 rings (SSSR count). The number of nitrogens with zero attached hydrogens (tertiary/aromatic N) is 4. The summed E-state index contributed by atoms with van der Waals surface area (Å²) >= 11 is 8.17. The van der Waals surface area contributed by atoms with Gasteiger partial charge in [-0.1, -0.05) is 23.4 Å². The zero-order valence-corrected chi connectivity index (χ0v) is 21.5. The minimum Gasteiger partial charge on any atom is -0.347 e. The van der Waals surface area contributed by atoms with Crippen LogP contribution in [-0.2, 0) is 24.9 Å². The Kier molecular flexibility index (Phi) is 5.81. The lowest BCUT2D eigenvalue weighted by atomic mass is 9.84. The summed E-state index contributed by atoms with van der Waals surface area (Å²) in [6.45, 7) is 2.73. The molecule has 0 bridgehead atoms. The van der Waals surface area contributed by atoms with Gasteiger partial charge in [-0.15, -0.1) is 11.3 Å². The van der Waals surface area contributed by atoms with Crippen LogP contribution in [0, 0.1) is 12.8 Å². The van der Waals surface area contributed by atoms with Gasteiger partial charge in [0.2, 0.25) is 0 Å². The number of hydrogen-bond acceptors (Lipinski definition) is 5. The summed E-state index contributed by atoms with van der Waals surface area (Å²) in [7, 11) is 2.09. The summed E-state index contributed by atoms with van der Waals surface area (Å²) in [6.07, 6.45) is 5.65. The average Bonchev–Trinajstić information content (AvgIpc) is 3.44. The van der Waals surface area contributed by atoms with E-state index in [4.69, 9.17) is 4.84 Å². The fourth-order valence-electron chi connectivity index (χ4n) is 4.39. The second-order valence-corrected chi connectivity index (χ2v) is 11.1. The SMILES string of the molecule is Cc1nccn1CC1CCc2c(c3ccccc3n2C)C1=NOC(=O)c1cc(Br)c(Br)s1. The molecule has 1 aliphatic carbocycles. The molecule has 0 aliphatic heterocycles. The van der Waals surface area contributed by atoms with Crippen molar-refractivity contribution >= 4 is 65.8 Å². The fourth-order valence-corrected chi connectivity index (χ4v) is 6.30. The van der Waals surface area contributed by atoms with Gasteiger partial charge in [0.15, 0.2) is 0 Å². The predicted molar refractivity (Wildman–Crippen MR) is 133 cm³/mol. The summed E-state index contributed by atoms with van der Waals surface area (Å²) in [5.41, 5.74) is 4.28. The van der Waals surface area contributed by atoms with Crippen LogP contribution in [0.3, 0.4) is 0 Å². The lowest BCUT2D eigenvalue weighted by molar-refractivity contribution is 0.0519. The van der Waals surface area contributed by atoms with Crippen LogP contribution in [0.5, 0.6) is 0 Å². The van der Waals surface area contributed by atoms with Crippen molar-refractivity contribution in [3.05, 3.63) is 72.9 Å². The van der Waals surface area contributed by atoms with E-state index in [1.54, 1.807) is 6.07 Å². The molecule has 9 heteroatoms. The Morgan fingerprint density at radius 1 is 1.34 bits per heavy atom. The third kappa shape index (κ3) is 3.76. The molecule has 1 unspecified atom stereocenters. The Hall–Kier alpha value is -2.23. The molecule has 4 aromatic rings. The Bertz CT molecular complexity index is 1350. The Morgan fingerprint density at radius 3 is 2.88 bits per heavy atom.